The molecule has 0 radical (unpaired) electrons. The quantitative estimate of drug-likeness (QED) is 0.530. The largest absolute Gasteiger partial charge is 0.495 e. The zero-order valence-electron chi connectivity index (χ0n) is 18.3. The number of nitrogens with zero attached hydrogens (tertiary/aromatic N) is 1. The molecule has 1 fully saturated rings. The van der Waals surface area contributed by atoms with Crippen molar-refractivity contribution >= 4 is 22.4 Å². The first-order valence-electron chi connectivity index (χ1n) is 11.0. The van der Waals surface area contributed by atoms with Crippen molar-refractivity contribution in [3.63, 3.8) is 0 Å². The summed E-state index contributed by atoms with van der Waals surface area (Å²) in [6, 6.07) is 21.2. The molecule has 3 aromatic rings. The Morgan fingerprint density at radius 2 is 2.00 bits per heavy atom. The average Bonchev–Trinajstić information content (AvgIpc) is 2.81. The number of hydrogen-bond donors (Lipinski definition) is 1. The van der Waals surface area contributed by atoms with Crippen LogP contribution in [0, 0.1) is 0 Å². The van der Waals surface area contributed by atoms with Gasteiger partial charge in [0.25, 0.3) is 0 Å². The van der Waals surface area contributed by atoms with Crippen LogP contribution < -0.4 is 10.1 Å². The Morgan fingerprint density at radius 3 is 2.74 bits per heavy atom. The van der Waals surface area contributed by atoms with Gasteiger partial charge in [0.1, 0.15) is 5.75 Å². The third kappa shape index (κ3) is 5.39. The summed E-state index contributed by atoms with van der Waals surface area (Å²) in [6.07, 6.45) is 1.20. The topological polar surface area (TPSA) is 33.7 Å². The predicted octanol–water partition coefficient (Wildman–Crippen LogP) is 5.10. The average molecular weight is 439 g/mol. The van der Waals surface area contributed by atoms with Crippen molar-refractivity contribution in [2.24, 2.45) is 0 Å². The van der Waals surface area contributed by atoms with Gasteiger partial charge in [0.05, 0.1) is 24.8 Å². The van der Waals surface area contributed by atoms with E-state index < -0.39 is 0 Å². The zero-order chi connectivity index (χ0) is 21.6. The molecule has 1 saturated heterocycles. The number of ether oxygens (including phenoxy) is 2. The highest BCUT2D eigenvalue weighted by Crippen LogP contribution is 2.35. The Labute approximate surface area is 190 Å². The Balaban J connectivity index is 1.54. The van der Waals surface area contributed by atoms with E-state index in [-0.39, 0.29) is 6.10 Å². The zero-order valence-corrected chi connectivity index (χ0v) is 19.1. The number of rotatable bonds is 8. The molecule has 1 heterocycles. The van der Waals surface area contributed by atoms with Gasteiger partial charge in [-0.3, -0.25) is 0 Å². The molecule has 1 N–H and O–H groups in total. The van der Waals surface area contributed by atoms with E-state index in [1.165, 1.54) is 11.1 Å². The van der Waals surface area contributed by atoms with E-state index in [2.05, 4.69) is 71.9 Å². The number of methoxy groups -OCH3 is 1. The maximum absolute atomic E-state index is 6.54. The number of fused-ring (bicyclic) bond motifs is 1. The molecule has 0 bridgehead atoms. The number of morpholine rings is 1. The predicted molar refractivity (Wildman–Crippen MR) is 128 cm³/mol. The van der Waals surface area contributed by atoms with Gasteiger partial charge >= 0.3 is 0 Å². The second-order valence-corrected chi connectivity index (χ2v) is 8.67. The maximum atomic E-state index is 6.54. The first-order valence-corrected chi connectivity index (χ1v) is 11.3. The van der Waals surface area contributed by atoms with E-state index in [9.17, 15) is 0 Å². The number of benzene rings is 3. The fourth-order valence-electron chi connectivity index (χ4n) is 4.42. The van der Waals surface area contributed by atoms with Crippen molar-refractivity contribution in [3.8, 4) is 5.75 Å². The lowest BCUT2D eigenvalue weighted by molar-refractivity contribution is 0.00767. The molecule has 4 nitrogen and oxygen atoms in total. The van der Waals surface area contributed by atoms with Gasteiger partial charge < -0.3 is 19.7 Å². The molecular weight excluding hydrogens is 408 g/mol. The number of halogens is 1. The number of hydrogen-bond acceptors (Lipinski definition) is 4. The minimum absolute atomic E-state index is 0.171. The van der Waals surface area contributed by atoms with E-state index in [1.807, 2.05) is 6.07 Å². The molecule has 1 aliphatic rings. The highest BCUT2D eigenvalue weighted by molar-refractivity contribution is 6.37. The first kappa shape index (κ1) is 22.1. The van der Waals surface area contributed by atoms with Crippen LogP contribution in [0.4, 0.5) is 0 Å². The number of nitrogens with one attached hydrogen (secondary N) is 1. The van der Waals surface area contributed by atoms with E-state index in [4.69, 9.17) is 21.1 Å². The van der Waals surface area contributed by atoms with Crippen LogP contribution in [0.3, 0.4) is 0 Å². The van der Waals surface area contributed by atoms with Crippen LogP contribution in [-0.2, 0) is 11.3 Å². The van der Waals surface area contributed by atoms with Gasteiger partial charge in [-0.05, 0) is 42.6 Å². The molecule has 0 spiro atoms. The molecule has 164 valence electrons. The van der Waals surface area contributed by atoms with E-state index in [1.54, 1.807) is 7.11 Å². The van der Waals surface area contributed by atoms with Crippen molar-refractivity contribution in [2.45, 2.75) is 25.0 Å². The molecule has 5 heteroatoms. The molecule has 3 aromatic carbocycles. The Kier molecular flexibility index (Phi) is 7.46. The maximum Gasteiger partial charge on any atom is 0.138 e. The van der Waals surface area contributed by atoms with Gasteiger partial charge in [-0.15, -0.1) is 0 Å². The summed E-state index contributed by atoms with van der Waals surface area (Å²) in [5.41, 5.74) is 2.64. The minimum Gasteiger partial charge on any atom is -0.495 e. The van der Waals surface area contributed by atoms with Gasteiger partial charge in [0.2, 0.25) is 0 Å². The summed E-state index contributed by atoms with van der Waals surface area (Å²) in [5.74, 6) is 1.03. The first-order chi connectivity index (χ1) is 15.2. The second kappa shape index (κ2) is 10.5. The van der Waals surface area contributed by atoms with Gasteiger partial charge in [-0.1, -0.05) is 66.2 Å². The van der Waals surface area contributed by atoms with Gasteiger partial charge in [0.15, 0.2) is 0 Å². The molecule has 4 rings (SSSR count). The molecular formula is C26H31ClN2O2. The van der Waals surface area contributed by atoms with Crippen LogP contribution in [0.1, 0.15) is 23.5 Å². The van der Waals surface area contributed by atoms with Gasteiger partial charge in [0, 0.05) is 30.9 Å². The molecule has 0 aromatic heterocycles. The van der Waals surface area contributed by atoms with Crippen LogP contribution >= 0.6 is 11.6 Å². The van der Waals surface area contributed by atoms with Crippen LogP contribution in [0.2, 0.25) is 5.02 Å². The normalized spacial score (nSPS) is 17.7. The van der Waals surface area contributed by atoms with Gasteiger partial charge in [-0.25, -0.2) is 0 Å². The Hall–Kier alpha value is -2.11. The van der Waals surface area contributed by atoms with E-state index >= 15 is 0 Å². The third-order valence-electron chi connectivity index (χ3n) is 6.11. The van der Waals surface area contributed by atoms with Crippen molar-refractivity contribution in [1.29, 1.82) is 0 Å². The van der Waals surface area contributed by atoms with Crippen molar-refractivity contribution < 1.29 is 9.47 Å². The van der Waals surface area contributed by atoms with Gasteiger partial charge in [-0.2, -0.15) is 0 Å². The Morgan fingerprint density at radius 1 is 1.16 bits per heavy atom. The third-order valence-corrected chi connectivity index (χ3v) is 6.50. The van der Waals surface area contributed by atoms with E-state index in [0.29, 0.717) is 16.7 Å². The van der Waals surface area contributed by atoms with Crippen LogP contribution in [0.15, 0.2) is 60.7 Å². The monoisotopic (exact) mass is 438 g/mol. The molecule has 2 atom stereocenters. The summed E-state index contributed by atoms with van der Waals surface area (Å²) < 4.78 is 11.6. The molecule has 31 heavy (non-hydrogen) atoms. The molecule has 1 aliphatic heterocycles. The summed E-state index contributed by atoms with van der Waals surface area (Å²) in [7, 11) is 3.84. The summed E-state index contributed by atoms with van der Waals surface area (Å²) >= 11 is 6.54. The lowest BCUT2D eigenvalue weighted by Crippen LogP contribution is -2.42. The Bertz CT molecular complexity index is 989. The second-order valence-electron chi connectivity index (χ2n) is 8.29. The summed E-state index contributed by atoms with van der Waals surface area (Å²) in [4.78, 5) is 2.39. The standard InChI is InChI=1S/C26H31ClN2O2/c1-29(18-19-6-4-3-5-7-19)14-12-22(25-17-28-13-15-31-25)20-8-10-23-21(16-20)9-11-24(30-2)26(23)27/h3-11,16,22,25,28H,12-15,17-18H2,1-2H3. The van der Waals surface area contributed by atoms with Crippen molar-refractivity contribution in [3.05, 3.63) is 76.8 Å². The molecule has 0 amide bonds. The smallest absolute Gasteiger partial charge is 0.138 e. The minimum atomic E-state index is 0.171. The van der Waals surface area contributed by atoms with Crippen LogP contribution in [0.25, 0.3) is 10.8 Å². The highest BCUT2D eigenvalue weighted by atomic mass is 35.5. The lowest BCUT2D eigenvalue weighted by atomic mass is 9.88. The summed E-state index contributed by atoms with van der Waals surface area (Å²) in [6.45, 7) is 4.52. The molecule has 0 aliphatic carbocycles. The fourth-order valence-corrected chi connectivity index (χ4v) is 4.74. The molecule has 0 saturated carbocycles. The van der Waals surface area contributed by atoms with Crippen LogP contribution in [-0.4, -0.2) is 51.4 Å². The SMILES string of the molecule is COc1ccc2cc(C(CCN(C)Cc3ccccc3)C3CNCCO3)ccc2c1Cl. The van der Waals surface area contributed by atoms with Crippen LogP contribution in [0.5, 0.6) is 5.75 Å². The summed E-state index contributed by atoms with van der Waals surface area (Å²) in [5, 5.41) is 6.32. The van der Waals surface area contributed by atoms with Crippen molar-refractivity contribution in [2.75, 3.05) is 40.4 Å². The van der Waals surface area contributed by atoms with Crippen molar-refractivity contribution in [1.82, 2.24) is 10.2 Å². The molecule has 2 unspecified atom stereocenters. The highest BCUT2D eigenvalue weighted by Gasteiger charge is 2.26. The fraction of sp³-hybridized carbons (Fsp3) is 0.385. The lowest BCUT2D eigenvalue weighted by Gasteiger charge is -2.32. The van der Waals surface area contributed by atoms with E-state index in [0.717, 1.165) is 50.0 Å².